The van der Waals surface area contributed by atoms with Gasteiger partial charge in [0.2, 0.25) is 5.91 Å². The number of aliphatic carboxylic acids is 1. The molecule has 0 aliphatic carbocycles. The van der Waals surface area contributed by atoms with Crippen LogP contribution in [0.3, 0.4) is 0 Å². The first-order valence-corrected chi connectivity index (χ1v) is 6.13. The van der Waals surface area contributed by atoms with E-state index in [4.69, 9.17) is 9.52 Å². The van der Waals surface area contributed by atoms with Gasteiger partial charge >= 0.3 is 5.97 Å². The minimum absolute atomic E-state index is 0.0537. The van der Waals surface area contributed by atoms with Gasteiger partial charge in [-0.2, -0.15) is 0 Å². The molecule has 0 bridgehead atoms. The van der Waals surface area contributed by atoms with Gasteiger partial charge in [-0.15, -0.1) is 11.8 Å². The Labute approximate surface area is 103 Å². The number of carbonyl (C=O) groups is 2. The number of hydrogen-bond donors (Lipinski definition) is 2. The van der Waals surface area contributed by atoms with Crippen LogP contribution < -0.4 is 5.32 Å². The normalized spacial score (nSPS) is 10.6. The average Bonchev–Trinajstić information content (AvgIpc) is 2.78. The lowest BCUT2D eigenvalue weighted by molar-refractivity contribution is -0.133. The number of hydrogen-bond acceptors (Lipinski definition) is 4. The molecule has 0 fully saturated rings. The number of rotatable bonds is 7. The largest absolute Gasteiger partial charge is 0.481 e. The highest BCUT2D eigenvalue weighted by Crippen LogP contribution is 2.01. The standard InChI is InChI=1S/C11H13NO4S/c13-10(4-3-9-2-1-6-16-9)12-5-7-17-8-11(14)15/h1-4,6H,5,7-8H2,(H,12,13)(H,14,15)/b4-3+. The second kappa shape index (κ2) is 7.56. The topological polar surface area (TPSA) is 79.5 Å². The molecule has 1 aromatic rings. The van der Waals surface area contributed by atoms with Crippen LogP contribution in [0.15, 0.2) is 28.9 Å². The highest BCUT2D eigenvalue weighted by Gasteiger charge is 1.98. The molecule has 0 aliphatic heterocycles. The Morgan fingerprint density at radius 2 is 2.35 bits per heavy atom. The van der Waals surface area contributed by atoms with Crippen LogP contribution in [0.5, 0.6) is 0 Å². The van der Waals surface area contributed by atoms with Gasteiger partial charge < -0.3 is 14.8 Å². The molecule has 92 valence electrons. The number of nitrogens with one attached hydrogen (secondary N) is 1. The average molecular weight is 255 g/mol. The third kappa shape index (κ3) is 6.47. The van der Waals surface area contributed by atoms with Crippen molar-refractivity contribution in [1.29, 1.82) is 0 Å². The molecule has 0 spiro atoms. The van der Waals surface area contributed by atoms with E-state index >= 15 is 0 Å². The fourth-order valence-electron chi connectivity index (χ4n) is 1.01. The molecule has 2 N–H and O–H groups in total. The summed E-state index contributed by atoms with van der Waals surface area (Å²) in [5.74, 6) is 0.168. The Kier molecular flexibility index (Phi) is 5.95. The van der Waals surface area contributed by atoms with Crippen molar-refractivity contribution in [2.75, 3.05) is 18.1 Å². The lowest BCUT2D eigenvalue weighted by Gasteiger charge is -2.00. The van der Waals surface area contributed by atoms with Crippen LogP contribution in [0.1, 0.15) is 5.76 Å². The van der Waals surface area contributed by atoms with Crippen molar-refractivity contribution < 1.29 is 19.1 Å². The number of amides is 1. The second-order valence-electron chi connectivity index (χ2n) is 3.09. The minimum atomic E-state index is -0.848. The summed E-state index contributed by atoms with van der Waals surface area (Å²) in [6, 6.07) is 3.48. The lowest BCUT2D eigenvalue weighted by Crippen LogP contribution is -2.23. The molecule has 0 saturated heterocycles. The van der Waals surface area contributed by atoms with Crippen molar-refractivity contribution in [3.05, 3.63) is 30.2 Å². The molecule has 0 unspecified atom stereocenters. The number of carboxylic acid groups (broad SMARTS) is 1. The molecule has 0 atom stereocenters. The molecular formula is C11H13NO4S. The molecule has 6 heteroatoms. The Balaban J connectivity index is 2.11. The summed E-state index contributed by atoms with van der Waals surface area (Å²) in [6.45, 7) is 0.444. The monoisotopic (exact) mass is 255 g/mol. The van der Waals surface area contributed by atoms with Crippen LogP contribution in [0.4, 0.5) is 0 Å². The van der Waals surface area contributed by atoms with Gasteiger partial charge in [-0.3, -0.25) is 9.59 Å². The third-order valence-corrected chi connectivity index (χ3v) is 2.66. The van der Waals surface area contributed by atoms with Gasteiger partial charge in [-0.05, 0) is 18.2 Å². The molecule has 0 radical (unpaired) electrons. The number of furan rings is 1. The van der Waals surface area contributed by atoms with E-state index in [-0.39, 0.29) is 11.7 Å². The molecule has 0 aliphatic rings. The van der Waals surface area contributed by atoms with E-state index < -0.39 is 5.97 Å². The van der Waals surface area contributed by atoms with E-state index in [1.54, 1.807) is 18.2 Å². The van der Waals surface area contributed by atoms with E-state index in [2.05, 4.69) is 5.32 Å². The zero-order valence-corrected chi connectivity index (χ0v) is 9.90. The highest BCUT2D eigenvalue weighted by molar-refractivity contribution is 7.99. The van der Waals surface area contributed by atoms with Crippen LogP contribution in [0.25, 0.3) is 6.08 Å². The molecule has 5 nitrogen and oxygen atoms in total. The van der Waals surface area contributed by atoms with Gasteiger partial charge in [0.1, 0.15) is 5.76 Å². The Morgan fingerprint density at radius 1 is 1.53 bits per heavy atom. The minimum Gasteiger partial charge on any atom is -0.481 e. The van der Waals surface area contributed by atoms with Gasteiger partial charge in [-0.25, -0.2) is 0 Å². The first-order chi connectivity index (χ1) is 8.18. The van der Waals surface area contributed by atoms with Gasteiger partial charge in [0.25, 0.3) is 0 Å². The molecule has 0 aromatic carbocycles. The Hall–Kier alpha value is -1.69. The van der Waals surface area contributed by atoms with E-state index in [9.17, 15) is 9.59 Å². The van der Waals surface area contributed by atoms with E-state index in [1.807, 2.05) is 0 Å². The van der Waals surface area contributed by atoms with Crippen LogP contribution in [-0.2, 0) is 9.59 Å². The van der Waals surface area contributed by atoms with Crippen molar-refractivity contribution in [2.24, 2.45) is 0 Å². The van der Waals surface area contributed by atoms with Crippen LogP contribution in [0.2, 0.25) is 0 Å². The zero-order valence-electron chi connectivity index (χ0n) is 9.09. The molecular weight excluding hydrogens is 242 g/mol. The predicted molar refractivity (Wildman–Crippen MR) is 65.7 cm³/mol. The summed E-state index contributed by atoms with van der Waals surface area (Å²) < 4.78 is 5.02. The maximum Gasteiger partial charge on any atom is 0.313 e. The van der Waals surface area contributed by atoms with Gasteiger partial charge in [0.15, 0.2) is 0 Å². The van der Waals surface area contributed by atoms with Crippen molar-refractivity contribution >= 4 is 29.7 Å². The van der Waals surface area contributed by atoms with Crippen molar-refractivity contribution in [3.8, 4) is 0 Å². The van der Waals surface area contributed by atoms with E-state index in [1.165, 1.54) is 24.1 Å². The molecule has 1 rings (SSSR count). The Bertz CT molecular complexity index is 386. The van der Waals surface area contributed by atoms with Crippen molar-refractivity contribution in [3.63, 3.8) is 0 Å². The summed E-state index contributed by atoms with van der Waals surface area (Å²) >= 11 is 1.26. The van der Waals surface area contributed by atoms with Gasteiger partial charge in [0, 0.05) is 18.4 Å². The van der Waals surface area contributed by atoms with Gasteiger partial charge in [-0.1, -0.05) is 0 Å². The summed E-state index contributed by atoms with van der Waals surface area (Å²) in [7, 11) is 0. The van der Waals surface area contributed by atoms with Gasteiger partial charge in [0.05, 0.1) is 12.0 Å². The smallest absolute Gasteiger partial charge is 0.313 e. The van der Waals surface area contributed by atoms with Crippen LogP contribution in [0, 0.1) is 0 Å². The summed E-state index contributed by atoms with van der Waals surface area (Å²) in [5, 5.41) is 11.0. The van der Waals surface area contributed by atoms with Crippen LogP contribution in [-0.4, -0.2) is 35.0 Å². The number of carbonyl (C=O) groups excluding carboxylic acids is 1. The Morgan fingerprint density at radius 3 is 3.00 bits per heavy atom. The molecule has 1 amide bonds. The molecule has 17 heavy (non-hydrogen) atoms. The van der Waals surface area contributed by atoms with Crippen molar-refractivity contribution in [1.82, 2.24) is 5.32 Å². The SMILES string of the molecule is O=C(O)CSCCNC(=O)/C=C/c1ccco1. The first kappa shape index (κ1) is 13.4. The zero-order chi connectivity index (χ0) is 12.5. The van der Waals surface area contributed by atoms with E-state index in [0.29, 0.717) is 18.1 Å². The summed E-state index contributed by atoms with van der Waals surface area (Å²) in [5.41, 5.74) is 0. The quantitative estimate of drug-likeness (QED) is 0.566. The summed E-state index contributed by atoms with van der Waals surface area (Å²) in [4.78, 5) is 21.5. The maximum atomic E-state index is 11.3. The molecule has 0 saturated carbocycles. The fraction of sp³-hybridized carbons (Fsp3) is 0.273. The second-order valence-corrected chi connectivity index (χ2v) is 4.19. The molecule has 1 heterocycles. The van der Waals surface area contributed by atoms with E-state index in [0.717, 1.165) is 0 Å². The third-order valence-electron chi connectivity index (χ3n) is 1.71. The maximum absolute atomic E-state index is 11.3. The summed E-state index contributed by atoms with van der Waals surface area (Å²) in [6.07, 6.45) is 4.47. The number of carboxylic acids is 1. The first-order valence-electron chi connectivity index (χ1n) is 4.97. The molecule has 1 aromatic heterocycles. The van der Waals surface area contributed by atoms with Crippen molar-refractivity contribution in [2.45, 2.75) is 0 Å². The van der Waals surface area contributed by atoms with Crippen LogP contribution >= 0.6 is 11.8 Å². The predicted octanol–water partition coefficient (Wildman–Crippen LogP) is 1.23. The highest BCUT2D eigenvalue weighted by atomic mass is 32.2. The lowest BCUT2D eigenvalue weighted by atomic mass is 10.4. The number of thioether (sulfide) groups is 1. The fourth-order valence-corrected chi connectivity index (χ4v) is 1.57.